The van der Waals surface area contributed by atoms with E-state index < -0.39 is 0 Å². The highest BCUT2D eigenvalue weighted by Crippen LogP contribution is 2.15. The van der Waals surface area contributed by atoms with E-state index in [0.717, 1.165) is 6.54 Å². The monoisotopic (exact) mass is 431 g/mol. The van der Waals surface area contributed by atoms with Crippen LogP contribution in [0.1, 0.15) is 167 Å². The highest BCUT2D eigenvalue weighted by Gasteiger charge is 1.96. The van der Waals surface area contributed by atoms with Crippen molar-refractivity contribution in [1.82, 2.24) is 0 Å². The summed E-state index contributed by atoms with van der Waals surface area (Å²) in [5.74, 6) is 0. The summed E-state index contributed by atoms with van der Waals surface area (Å²) in [6.07, 6.45) is 36.7. The van der Waals surface area contributed by atoms with Gasteiger partial charge in [-0.25, -0.2) is 0 Å². The molecule has 0 heterocycles. The van der Waals surface area contributed by atoms with E-state index in [2.05, 4.69) is 12.7 Å². The lowest BCUT2D eigenvalue weighted by atomic mass is 10.0. The van der Waals surface area contributed by atoms with Gasteiger partial charge in [-0.3, -0.25) is 0 Å². The molecule has 0 radical (unpaired) electrons. The van der Waals surface area contributed by atoms with Gasteiger partial charge in [-0.1, -0.05) is 155 Å². The van der Waals surface area contributed by atoms with Crippen molar-refractivity contribution in [3.8, 4) is 0 Å². The summed E-state index contributed by atoms with van der Waals surface area (Å²) in [5, 5.41) is 0. The lowest BCUT2D eigenvalue weighted by Gasteiger charge is -2.04. The number of quaternary nitrogens is 1. The van der Waals surface area contributed by atoms with Crippen LogP contribution in [-0.4, -0.2) is 6.54 Å². The molecule has 0 saturated heterocycles. The normalized spacial score (nSPS) is 11.0. The van der Waals surface area contributed by atoms with Gasteiger partial charge in [0.05, 0.1) is 6.54 Å². The molecule has 2 heteroatoms. The first-order valence-corrected chi connectivity index (χ1v) is 13.7. The molecule has 0 spiro atoms. The van der Waals surface area contributed by atoms with Gasteiger partial charge in [0.1, 0.15) is 0 Å². The minimum atomic E-state index is 0. The van der Waals surface area contributed by atoms with Crippen molar-refractivity contribution >= 4 is 0 Å². The zero-order chi connectivity index (χ0) is 20.4. The van der Waals surface area contributed by atoms with Crippen LogP contribution in [0.25, 0.3) is 0 Å². The third-order valence-electron chi connectivity index (χ3n) is 6.35. The highest BCUT2D eigenvalue weighted by atomic mass is 35.5. The van der Waals surface area contributed by atoms with Gasteiger partial charge in [0, 0.05) is 0 Å². The van der Waals surface area contributed by atoms with E-state index >= 15 is 0 Å². The van der Waals surface area contributed by atoms with Crippen LogP contribution in [0.15, 0.2) is 0 Å². The first-order valence-electron chi connectivity index (χ1n) is 13.7. The van der Waals surface area contributed by atoms with Gasteiger partial charge in [-0.2, -0.15) is 0 Å². The predicted molar refractivity (Wildman–Crippen MR) is 129 cm³/mol. The molecule has 0 aromatic carbocycles. The Bertz CT molecular complexity index is 231. The second kappa shape index (κ2) is 30.4. The van der Waals surface area contributed by atoms with Crippen LogP contribution in [0.3, 0.4) is 0 Å². The maximum absolute atomic E-state index is 3.91. The molecule has 0 amide bonds. The molecule has 178 valence electrons. The summed E-state index contributed by atoms with van der Waals surface area (Å²) < 4.78 is 0. The van der Waals surface area contributed by atoms with E-state index in [1.54, 1.807) is 0 Å². The van der Waals surface area contributed by atoms with Crippen molar-refractivity contribution in [3.05, 3.63) is 0 Å². The van der Waals surface area contributed by atoms with Gasteiger partial charge in [0.2, 0.25) is 0 Å². The fraction of sp³-hybridized carbons (Fsp3) is 1.00. The zero-order valence-electron chi connectivity index (χ0n) is 20.5. The first kappa shape index (κ1) is 31.4. The van der Waals surface area contributed by atoms with Crippen molar-refractivity contribution in [2.24, 2.45) is 0 Å². The van der Waals surface area contributed by atoms with Gasteiger partial charge >= 0.3 is 0 Å². The zero-order valence-corrected chi connectivity index (χ0v) is 21.2. The van der Waals surface area contributed by atoms with Crippen LogP contribution in [0.2, 0.25) is 0 Å². The molecule has 0 fully saturated rings. The maximum atomic E-state index is 3.91. The average Bonchev–Trinajstić information content (AvgIpc) is 2.71. The number of rotatable bonds is 25. The lowest BCUT2D eigenvalue weighted by Crippen LogP contribution is -3.00. The summed E-state index contributed by atoms with van der Waals surface area (Å²) in [6, 6.07) is 0. The van der Waals surface area contributed by atoms with Gasteiger partial charge in [-0.05, 0) is 12.8 Å². The van der Waals surface area contributed by atoms with Crippen LogP contribution in [0.4, 0.5) is 0 Å². The molecule has 0 aromatic rings. The predicted octanol–water partition coefficient (Wildman–Crippen LogP) is 6.00. The van der Waals surface area contributed by atoms with Crippen LogP contribution < -0.4 is 18.1 Å². The average molecular weight is 432 g/mol. The van der Waals surface area contributed by atoms with E-state index in [9.17, 15) is 0 Å². The SMILES string of the molecule is CCCCCCCCCCCCCCCCCCCCCCCCCCC[NH3+].[Cl-]. The summed E-state index contributed by atoms with van der Waals surface area (Å²) in [7, 11) is 0. The number of unbranched alkanes of at least 4 members (excludes halogenated alkanes) is 24. The molecule has 0 aliphatic rings. The van der Waals surface area contributed by atoms with Crippen LogP contribution in [-0.2, 0) is 0 Å². The summed E-state index contributed by atoms with van der Waals surface area (Å²) in [4.78, 5) is 0. The summed E-state index contributed by atoms with van der Waals surface area (Å²) >= 11 is 0. The van der Waals surface area contributed by atoms with Gasteiger partial charge < -0.3 is 18.1 Å². The van der Waals surface area contributed by atoms with Crippen molar-refractivity contribution < 1.29 is 18.1 Å². The van der Waals surface area contributed by atoms with Gasteiger partial charge in [-0.15, -0.1) is 0 Å². The number of halogens is 1. The lowest BCUT2D eigenvalue weighted by molar-refractivity contribution is -0.368. The van der Waals surface area contributed by atoms with E-state index in [4.69, 9.17) is 0 Å². The molecule has 0 aromatic heterocycles. The molecule has 0 aliphatic heterocycles. The molecule has 0 aliphatic carbocycles. The van der Waals surface area contributed by atoms with E-state index in [-0.39, 0.29) is 12.4 Å². The molecule has 29 heavy (non-hydrogen) atoms. The van der Waals surface area contributed by atoms with Crippen molar-refractivity contribution in [2.45, 2.75) is 167 Å². The van der Waals surface area contributed by atoms with Gasteiger partial charge in [0.25, 0.3) is 0 Å². The summed E-state index contributed by atoms with van der Waals surface area (Å²) in [6.45, 7) is 3.43. The Morgan fingerprint density at radius 1 is 0.310 bits per heavy atom. The van der Waals surface area contributed by atoms with Crippen LogP contribution >= 0.6 is 0 Å². The quantitative estimate of drug-likeness (QED) is 0.171. The maximum Gasteiger partial charge on any atom is 0.0739 e. The number of hydrogen-bond donors (Lipinski definition) is 1. The largest absolute Gasteiger partial charge is 1.00 e. The fourth-order valence-corrected chi connectivity index (χ4v) is 4.32. The van der Waals surface area contributed by atoms with Crippen molar-refractivity contribution in [3.63, 3.8) is 0 Å². The Balaban J connectivity index is 0. The second-order valence-corrected chi connectivity index (χ2v) is 9.34. The van der Waals surface area contributed by atoms with Crippen LogP contribution in [0, 0.1) is 0 Å². The first-order chi connectivity index (χ1) is 13.9. The Hall–Kier alpha value is 0.250. The molecular formula is C27H58ClN. The topological polar surface area (TPSA) is 27.6 Å². The fourth-order valence-electron chi connectivity index (χ4n) is 4.32. The Morgan fingerprint density at radius 3 is 0.655 bits per heavy atom. The Kier molecular flexibility index (Phi) is 33.0. The van der Waals surface area contributed by atoms with Crippen molar-refractivity contribution in [1.29, 1.82) is 0 Å². The third-order valence-corrected chi connectivity index (χ3v) is 6.35. The summed E-state index contributed by atoms with van der Waals surface area (Å²) in [5.41, 5.74) is 3.91. The highest BCUT2D eigenvalue weighted by molar-refractivity contribution is 4.51. The molecule has 0 atom stereocenters. The molecule has 0 rings (SSSR count). The molecule has 0 unspecified atom stereocenters. The van der Waals surface area contributed by atoms with E-state index in [0.29, 0.717) is 0 Å². The van der Waals surface area contributed by atoms with E-state index in [1.807, 2.05) is 0 Å². The Labute approximate surface area is 192 Å². The Morgan fingerprint density at radius 2 is 0.483 bits per heavy atom. The second-order valence-electron chi connectivity index (χ2n) is 9.34. The van der Waals surface area contributed by atoms with E-state index in [1.165, 1.54) is 161 Å². The standard InChI is InChI=1S/C27H57N.ClH/c1-2-3-4-5-6-7-8-9-10-11-12-13-14-15-16-17-18-19-20-21-22-23-24-25-26-27-28;/h2-28H2,1H3;1H. The molecule has 0 bridgehead atoms. The molecule has 1 nitrogen and oxygen atoms in total. The smallest absolute Gasteiger partial charge is 0.0739 e. The van der Waals surface area contributed by atoms with Gasteiger partial charge in [0.15, 0.2) is 0 Å². The van der Waals surface area contributed by atoms with Crippen molar-refractivity contribution in [2.75, 3.05) is 6.54 Å². The molecular weight excluding hydrogens is 374 g/mol. The minimum Gasteiger partial charge on any atom is -1.00 e. The molecule has 0 saturated carbocycles. The van der Waals surface area contributed by atoms with Crippen LogP contribution in [0.5, 0.6) is 0 Å². The molecule has 3 N–H and O–H groups in total. The number of hydrogen-bond acceptors (Lipinski definition) is 0. The third kappa shape index (κ3) is 30.5. The minimum absolute atomic E-state index is 0.